The maximum absolute atomic E-state index is 10.7. The van der Waals surface area contributed by atoms with Crippen LogP contribution in [0.5, 0.6) is 5.75 Å². The highest BCUT2D eigenvalue weighted by Gasteiger charge is 2.25. The molecule has 8 heteroatoms. The Morgan fingerprint density at radius 3 is 2.64 bits per heavy atom. The zero-order valence-corrected chi connectivity index (χ0v) is 19.4. The molecule has 1 aromatic rings. The highest BCUT2D eigenvalue weighted by molar-refractivity contribution is 14.0. The van der Waals surface area contributed by atoms with Crippen molar-refractivity contribution in [2.45, 2.75) is 25.9 Å². The van der Waals surface area contributed by atoms with E-state index in [9.17, 15) is 5.11 Å². The summed E-state index contributed by atoms with van der Waals surface area (Å²) in [6, 6.07) is 9.81. The van der Waals surface area contributed by atoms with E-state index in [0.717, 1.165) is 57.5 Å². The molecule has 1 aliphatic rings. The lowest BCUT2D eigenvalue weighted by molar-refractivity contribution is -0.0180. The Hall–Kier alpha value is -1.10. The normalized spacial score (nSPS) is 17.3. The van der Waals surface area contributed by atoms with Crippen molar-refractivity contribution in [3.8, 4) is 5.75 Å². The quantitative estimate of drug-likeness (QED) is 0.194. The van der Waals surface area contributed by atoms with Crippen molar-refractivity contribution in [3.05, 3.63) is 30.3 Å². The zero-order chi connectivity index (χ0) is 19.4. The summed E-state index contributed by atoms with van der Waals surface area (Å²) in [5, 5.41) is 17.2. The van der Waals surface area contributed by atoms with Gasteiger partial charge in [0.05, 0.1) is 32.0 Å². The molecule has 1 unspecified atom stereocenters. The molecule has 1 aliphatic heterocycles. The number of hydrogen-bond donors (Lipinski definition) is 3. The van der Waals surface area contributed by atoms with Gasteiger partial charge in [-0.05, 0) is 32.4 Å². The molecule has 0 saturated carbocycles. The first-order chi connectivity index (χ1) is 13.1. The van der Waals surface area contributed by atoms with E-state index in [1.165, 1.54) is 0 Å². The fourth-order valence-corrected chi connectivity index (χ4v) is 2.87. The van der Waals surface area contributed by atoms with Crippen molar-refractivity contribution in [1.29, 1.82) is 0 Å². The average Bonchev–Trinajstić information content (AvgIpc) is 2.67. The molecule has 0 amide bonds. The Morgan fingerprint density at radius 2 is 1.96 bits per heavy atom. The highest BCUT2D eigenvalue weighted by atomic mass is 127. The molecule has 1 fully saturated rings. The minimum absolute atomic E-state index is 0. The van der Waals surface area contributed by atoms with Crippen LogP contribution in [0.1, 0.15) is 20.3 Å². The van der Waals surface area contributed by atoms with Gasteiger partial charge in [-0.25, -0.2) is 0 Å². The minimum atomic E-state index is -0.865. The zero-order valence-electron chi connectivity index (χ0n) is 17.0. The molecule has 160 valence electrons. The predicted octanol–water partition coefficient (Wildman–Crippen LogP) is 1.71. The summed E-state index contributed by atoms with van der Waals surface area (Å²) in [7, 11) is 0. The molecule has 1 saturated heterocycles. The molecule has 1 heterocycles. The van der Waals surface area contributed by atoms with E-state index in [4.69, 9.17) is 9.47 Å². The number of aliphatic imine (C=N–C) groups is 1. The first kappa shape index (κ1) is 24.9. The van der Waals surface area contributed by atoms with Crippen LogP contribution in [0.4, 0.5) is 0 Å². The number of nitrogens with one attached hydrogen (secondary N) is 2. The molecule has 2 rings (SSSR count). The first-order valence-corrected chi connectivity index (χ1v) is 9.81. The third-order valence-corrected chi connectivity index (χ3v) is 4.22. The number of halogens is 1. The van der Waals surface area contributed by atoms with Gasteiger partial charge in [0.15, 0.2) is 5.96 Å². The Bertz CT molecular complexity index is 552. The van der Waals surface area contributed by atoms with Crippen LogP contribution >= 0.6 is 24.0 Å². The number of para-hydroxylation sites is 1. The van der Waals surface area contributed by atoms with E-state index < -0.39 is 5.60 Å². The van der Waals surface area contributed by atoms with E-state index >= 15 is 0 Å². The van der Waals surface area contributed by atoms with Crippen molar-refractivity contribution in [2.75, 3.05) is 59.1 Å². The second-order valence-electron chi connectivity index (χ2n) is 7.02. The molecule has 1 atom stereocenters. The second-order valence-corrected chi connectivity index (χ2v) is 7.02. The van der Waals surface area contributed by atoms with Crippen molar-refractivity contribution in [1.82, 2.24) is 15.5 Å². The number of rotatable bonds is 10. The molecule has 0 bridgehead atoms. The van der Waals surface area contributed by atoms with Crippen LogP contribution in [-0.2, 0) is 4.74 Å². The van der Waals surface area contributed by atoms with Crippen LogP contribution in [0.2, 0.25) is 0 Å². The lowest BCUT2D eigenvalue weighted by Crippen LogP contribution is -2.48. The summed E-state index contributed by atoms with van der Waals surface area (Å²) in [6.45, 7) is 10.2. The molecule has 0 radical (unpaired) electrons. The smallest absolute Gasteiger partial charge is 0.191 e. The topological polar surface area (TPSA) is 78.4 Å². The van der Waals surface area contributed by atoms with Crippen LogP contribution < -0.4 is 15.4 Å². The maximum Gasteiger partial charge on any atom is 0.191 e. The van der Waals surface area contributed by atoms with Crippen LogP contribution in [0.3, 0.4) is 0 Å². The van der Waals surface area contributed by atoms with Gasteiger partial charge in [0.2, 0.25) is 0 Å². The number of benzene rings is 1. The van der Waals surface area contributed by atoms with Gasteiger partial charge in [-0.2, -0.15) is 0 Å². The fraction of sp³-hybridized carbons (Fsp3) is 0.650. The van der Waals surface area contributed by atoms with Gasteiger partial charge in [0.1, 0.15) is 5.75 Å². The van der Waals surface area contributed by atoms with E-state index in [0.29, 0.717) is 19.7 Å². The van der Waals surface area contributed by atoms with Crippen LogP contribution in [-0.4, -0.2) is 80.7 Å². The van der Waals surface area contributed by atoms with Gasteiger partial charge >= 0.3 is 0 Å². The van der Waals surface area contributed by atoms with Crippen LogP contribution in [0.15, 0.2) is 35.3 Å². The molecule has 0 spiro atoms. The lowest BCUT2D eigenvalue weighted by Gasteiger charge is -2.33. The van der Waals surface area contributed by atoms with E-state index in [1.807, 2.05) is 44.2 Å². The summed E-state index contributed by atoms with van der Waals surface area (Å²) in [6.07, 6.45) is 0.865. The van der Waals surface area contributed by atoms with Gasteiger partial charge in [0.25, 0.3) is 0 Å². The fourth-order valence-electron chi connectivity index (χ4n) is 2.87. The Labute approximate surface area is 185 Å². The molecule has 0 aliphatic carbocycles. The monoisotopic (exact) mass is 506 g/mol. The summed E-state index contributed by atoms with van der Waals surface area (Å²) in [4.78, 5) is 6.77. The molecule has 1 aromatic carbocycles. The number of guanidine groups is 1. The number of morpholine rings is 1. The summed E-state index contributed by atoms with van der Waals surface area (Å²) in [5.41, 5.74) is -0.865. The van der Waals surface area contributed by atoms with E-state index in [1.54, 1.807) is 0 Å². The number of ether oxygens (including phenoxy) is 2. The van der Waals surface area contributed by atoms with Crippen molar-refractivity contribution < 1.29 is 14.6 Å². The van der Waals surface area contributed by atoms with Gasteiger partial charge in [0, 0.05) is 32.7 Å². The molecule has 7 nitrogen and oxygen atoms in total. The van der Waals surface area contributed by atoms with Crippen LogP contribution in [0, 0.1) is 0 Å². The first-order valence-electron chi connectivity index (χ1n) is 9.81. The Kier molecular flexibility index (Phi) is 12.4. The predicted molar refractivity (Wildman–Crippen MR) is 124 cm³/mol. The molecule has 3 N–H and O–H groups in total. The molecular weight excluding hydrogens is 471 g/mol. The SMILES string of the molecule is CCNC(=NCC(C)(O)CN1CCOCC1)NCCCOc1ccccc1.I. The molecular formula is C20H35IN4O3. The average molecular weight is 506 g/mol. The van der Waals surface area contributed by atoms with E-state index in [2.05, 4.69) is 20.5 Å². The lowest BCUT2D eigenvalue weighted by atomic mass is 10.1. The van der Waals surface area contributed by atoms with Gasteiger partial charge in [-0.3, -0.25) is 9.89 Å². The largest absolute Gasteiger partial charge is 0.494 e. The van der Waals surface area contributed by atoms with Gasteiger partial charge in [-0.15, -0.1) is 24.0 Å². The standard InChI is InChI=1S/C20H34N4O3.HI/c1-3-21-19(22-10-7-13-27-18-8-5-4-6-9-18)23-16-20(2,25)17-24-11-14-26-15-12-24;/h4-6,8-9,25H,3,7,10-17H2,1-2H3,(H2,21,22,23);1H. The van der Waals surface area contributed by atoms with Crippen molar-refractivity contribution >= 4 is 29.9 Å². The van der Waals surface area contributed by atoms with Gasteiger partial charge < -0.3 is 25.2 Å². The van der Waals surface area contributed by atoms with Crippen molar-refractivity contribution in [3.63, 3.8) is 0 Å². The third-order valence-electron chi connectivity index (χ3n) is 4.22. The number of hydrogen-bond acceptors (Lipinski definition) is 5. The summed E-state index contributed by atoms with van der Waals surface area (Å²) < 4.78 is 11.0. The second kappa shape index (κ2) is 14.0. The third kappa shape index (κ3) is 10.4. The van der Waals surface area contributed by atoms with E-state index in [-0.39, 0.29) is 24.0 Å². The van der Waals surface area contributed by atoms with Gasteiger partial charge in [-0.1, -0.05) is 18.2 Å². The number of β-amino-alcohol motifs (C(OH)–C–C–N with tert-alkyl or cyclic N) is 1. The maximum atomic E-state index is 10.7. The molecule has 28 heavy (non-hydrogen) atoms. The Morgan fingerprint density at radius 1 is 1.25 bits per heavy atom. The minimum Gasteiger partial charge on any atom is -0.494 e. The number of nitrogens with zero attached hydrogens (tertiary/aromatic N) is 2. The Balaban J connectivity index is 0.00000392. The summed E-state index contributed by atoms with van der Waals surface area (Å²) in [5.74, 6) is 1.61. The summed E-state index contributed by atoms with van der Waals surface area (Å²) >= 11 is 0. The van der Waals surface area contributed by atoms with Crippen LogP contribution in [0.25, 0.3) is 0 Å². The molecule has 0 aromatic heterocycles. The highest BCUT2D eigenvalue weighted by Crippen LogP contribution is 2.09. The van der Waals surface area contributed by atoms with Crippen molar-refractivity contribution in [2.24, 2.45) is 4.99 Å². The number of aliphatic hydroxyl groups is 1.